The van der Waals surface area contributed by atoms with Crippen molar-refractivity contribution in [3.8, 4) is 0 Å². The number of halogens is 62. The first kappa shape index (κ1) is 133. The molecule has 0 aliphatic rings. The van der Waals surface area contributed by atoms with Crippen molar-refractivity contribution in [2.24, 2.45) is 0 Å². The van der Waals surface area contributed by atoms with Crippen molar-refractivity contribution in [3.05, 3.63) is 0 Å². The Morgan fingerprint density at radius 2 is 0.394 bits per heavy atom. The zero-order chi connectivity index (χ0) is 107. The molecule has 9 unspecified atom stereocenters. The van der Waals surface area contributed by atoms with Crippen LogP contribution in [0.4, 0.5) is 272 Å². The highest BCUT2D eigenvalue weighted by atomic mass is 19.5. The largest absolute Gasteiger partial charge is 0.462 e. The highest BCUT2D eigenvalue weighted by molar-refractivity contribution is 4.93. The molecule has 0 saturated carbocycles. The fourth-order valence-electron chi connectivity index (χ4n) is 6.12. The van der Waals surface area contributed by atoms with Gasteiger partial charge < -0.3 is 58.3 Å². The first-order valence-corrected chi connectivity index (χ1v) is 32.1. The molecule has 0 amide bonds. The number of ether oxygens (including phenoxy) is 13. The van der Waals surface area contributed by atoms with Crippen molar-refractivity contribution in [2.75, 3.05) is 79.3 Å². The van der Waals surface area contributed by atoms with Crippen LogP contribution >= 0.6 is 0 Å². The number of alkyl halides is 62. The smallest absolute Gasteiger partial charge is 0.388 e. The average Bonchev–Trinajstić information content (AvgIpc) is 0.780. The molecule has 4 N–H and O–H groups in total. The Hall–Kier alpha value is -5.02. The van der Waals surface area contributed by atoms with Gasteiger partial charge in [-0.15, -0.1) is 0 Å². The van der Waals surface area contributed by atoms with Crippen molar-refractivity contribution in [1.29, 1.82) is 0 Å². The molecule has 0 rings (SSSR count). The number of unbranched alkanes of at least 4 members (excludes halogenated alkanes) is 5. The van der Waals surface area contributed by atoms with Crippen LogP contribution in [-0.4, -0.2) is 307 Å². The molecule has 0 aliphatic carbocycles. The normalized spacial score (nSPS) is 17.1. The van der Waals surface area contributed by atoms with Crippen LogP contribution in [0.1, 0.15) is 45.4 Å². The third-order valence-corrected chi connectivity index (χ3v) is 13.1. The van der Waals surface area contributed by atoms with E-state index in [1.54, 1.807) is 0 Å². The van der Waals surface area contributed by atoms with E-state index in [9.17, 15) is 277 Å². The molecule has 0 aromatic heterocycles. The van der Waals surface area contributed by atoms with Crippen molar-refractivity contribution in [3.63, 3.8) is 0 Å². The van der Waals surface area contributed by atoms with Crippen molar-refractivity contribution < 1.29 is 354 Å². The molecular weight excluding hydrogens is 2090 g/mol. The number of rotatable bonds is 54. The fourth-order valence-corrected chi connectivity index (χ4v) is 6.12. The molecule has 132 heavy (non-hydrogen) atoms. The summed E-state index contributed by atoms with van der Waals surface area (Å²) in [6.07, 6.45) is -134. The summed E-state index contributed by atoms with van der Waals surface area (Å²) < 4.78 is 814. The molecule has 0 aliphatic heterocycles. The lowest BCUT2D eigenvalue weighted by atomic mass is 10.1. The lowest BCUT2D eigenvalue weighted by Crippen LogP contribution is -2.56. The van der Waals surface area contributed by atoms with E-state index < -0.39 is 280 Å². The molecule has 9 atom stereocenters. The molecule has 0 aromatic rings. The van der Waals surface area contributed by atoms with Crippen LogP contribution in [-0.2, 0) is 61.6 Å². The van der Waals surface area contributed by atoms with Gasteiger partial charge in [-0.05, 0) is 6.42 Å². The molecule has 0 fully saturated rings. The monoisotopic (exact) mass is 2140 g/mol. The van der Waals surface area contributed by atoms with Gasteiger partial charge in [0.25, 0.3) is 31.8 Å². The first-order chi connectivity index (χ1) is 57.6. The van der Waals surface area contributed by atoms with Gasteiger partial charge in [-0.1, -0.05) is 39.0 Å². The molecule has 0 saturated heterocycles. The molecule has 0 heterocycles. The predicted octanol–water partition coefficient (Wildman–Crippen LogP) is 20.4. The minimum Gasteiger partial charge on any atom is -0.388 e. The van der Waals surface area contributed by atoms with E-state index in [1.165, 1.54) is 0 Å². The second kappa shape index (κ2) is 47.8. The SMILES string of the molecule is CCCCCCCCOCC(O)COC(F)(F)C(F)OC(F)(F)C(F)(F)C(F)(F)F.OC(COCC(F)(F)C(F)(F)C(F)(F)F)COC(F)(F)C(F)OC(F)(F)C(F)(F)C(F)(F)F.OC(COCC(F)(F)C(F)(F)F)COC(F)(F)C(F)OC(F)(F)C(F)(F)C(F)(F)F.OC(COCC(F)(F)C(F)OC(F)(F)C(F)(F)C(F)(F)F)COC(F)(F)C(F)OC(F)(F)C(F)(F)C(F)(F)F. The quantitative estimate of drug-likeness (QED) is 0.0331. The molecule has 17 nitrogen and oxygen atoms in total. The zero-order valence-corrected chi connectivity index (χ0v) is 62.0. The summed E-state index contributed by atoms with van der Waals surface area (Å²) in [5, 5.41) is 36.5. The van der Waals surface area contributed by atoms with E-state index in [0.717, 1.165) is 32.1 Å². The maximum Gasteiger partial charge on any atom is 0.462 e. The van der Waals surface area contributed by atoms with Gasteiger partial charge in [0.2, 0.25) is 0 Å². The van der Waals surface area contributed by atoms with Gasteiger partial charge in [0, 0.05) is 6.61 Å². The van der Waals surface area contributed by atoms with Crippen LogP contribution in [0.5, 0.6) is 0 Å². The molecule has 0 radical (unpaired) electrons. The van der Waals surface area contributed by atoms with E-state index in [4.69, 9.17) is 20.1 Å². The minimum atomic E-state index is -7.22. The topological polar surface area (TPSA) is 201 Å². The Morgan fingerprint density at radius 3 is 0.606 bits per heavy atom. The summed E-state index contributed by atoms with van der Waals surface area (Å²) in [6, 6.07) is 0. The third kappa shape index (κ3) is 39.0. The summed E-state index contributed by atoms with van der Waals surface area (Å²) in [5.74, 6) is -59.2. The van der Waals surface area contributed by atoms with E-state index in [-0.39, 0.29) is 6.61 Å². The standard InChI is InChI=1S/C16H24F10O4.C14H10F20O5.C12H9F17O4.C11H9F15O4/c1-2-3-4-5-6-7-8-28-9-11(27)10-29-13(18,19)12(17)30-16(25,26)14(20,21)15(22,23)24;15-5(38-13(31,32)9(21,22)11(25,26)27)7(17,18)3-36-1-4(35)2-37-8(19,20)6(16)39-14(33,34)10(23,24)12(28,29)30;13-5(33-12(28,29)9(20,21)11(25,26)27)7(16,17)32-2-4(30)1-31-3-6(14,15)8(18,19)10(22,23)24;12-5(30-11(25,26)8(17,18)10(22,23)24)7(15,16)29-2-4(27)1-28-3-6(13,14)9(19,20)21/h11-12,27H,2-10H2,1H3;4-6,35H,1-3H2;4-5,30H,1-3H2;4-5,27H,1-3H2. The number of aliphatic hydroxyl groups excluding tert-OH is 4. The summed E-state index contributed by atoms with van der Waals surface area (Å²) in [5.41, 5.74) is 0. The summed E-state index contributed by atoms with van der Waals surface area (Å²) in [7, 11) is 0. The second-order valence-corrected chi connectivity index (χ2v) is 24.3. The Balaban J connectivity index is -0.000000832. The van der Waals surface area contributed by atoms with E-state index in [1.807, 2.05) is 6.92 Å². The number of aliphatic hydroxyl groups is 4. The highest BCUT2D eigenvalue weighted by Gasteiger charge is 2.81. The van der Waals surface area contributed by atoms with Gasteiger partial charge in [0.15, 0.2) is 0 Å². The van der Waals surface area contributed by atoms with Gasteiger partial charge in [0.05, 0.1) is 52.9 Å². The van der Waals surface area contributed by atoms with Crippen LogP contribution in [0.3, 0.4) is 0 Å². The maximum absolute atomic E-state index is 13.3. The van der Waals surface area contributed by atoms with Crippen LogP contribution in [0.2, 0.25) is 0 Å². The van der Waals surface area contributed by atoms with Crippen LogP contribution in [0.25, 0.3) is 0 Å². The van der Waals surface area contributed by atoms with Gasteiger partial charge in [-0.2, -0.15) is 250 Å². The Labute approximate surface area is 687 Å². The Bertz CT molecular complexity index is 3250. The lowest BCUT2D eigenvalue weighted by Gasteiger charge is -2.31. The van der Waals surface area contributed by atoms with Gasteiger partial charge >= 0.3 is 152 Å². The van der Waals surface area contributed by atoms with E-state index >= 15 is 0 Å². The van der Waals surface area contributed by atoms with Crippen molar-refractivity contribution >= 4 is 0 Å². The van der Waals surface area contributed by atoms with E-state index in [0.29, 0.717) is 6.42 Å². The maximum atomic E-state index is 13.3. The van der Waals surface area contributed by atoms with Gasteiger partial charge in [0.1, 0.15) is 44.2 Å². The van der Waals surface area contributed by atoms with Gasteiger partial charge in [-0.3, -0.25) is 23.7 Å². The lowest BCUT2D eigenvalue weighted by molar-refractivity contribution is -0.466. The second-order valence-electron chi connectivity index (χ2n) is 24.3. The molecule has 0 bridgehead atoms. The molecule has 0 spiro atoms. The van der Waals surface area contributed by atoms with Crippen LogP contribution in [0, 0.1) is 0 Å². The average molecular weight is 2140 g/mol. The Morgan fingerprint density at radius 1 is 0.205 bits per heavy atom. The third-order valence-electron chi connectivity index (χ3n) is 13.1. The first-order valence-electron chi connectivity index (χ1n) is 32.1. The number of hydrogen-bond acceptors (Lipinski definition) is 17. The molecular formula is C53H52F62O17. The fraction of sp³-hybridized carbons (Fsp3) is 1.00. The Kier molecular flexibility index (Phi) is 48.2. The van der Waals surface area contributed by atoms with Crippen LogP contribution < -0.4 is 0 Å². The van der Waals surface area contributed by atoms with Crippen molar-refractivity contribution in [1.82, 2.24) is 0 Å². The summed E-state index contributed by atoms with van der Waals surface area (Å²) in [4.78, 5) is 0. The minimum absolute atomic E-state index is 0.160. The highest BCUT2D eigenvalue weighted by Crippen LogP contribution is 2.55. The van der Waals surface area contributed by atoms with Gasteiger partial charge in [-0.25, -0.2) is 22.0 Å². The number of hydrogen-bond donors (Lipinski definition) is 4. The predicted molar refractivity (Wildman–Crippen MR) is 286 cm³/mol. The summed E-state index contributed by atoms with van der Waals surface area (Å²) >= 11 is 0. The molecule has 79 heteroatoms. The zero-order valence-electron chi connectivity index (χ0n) is 62.0. The van der Waals surface area contributed by atoms with E-state index in [2.05, 4.69) is 56.8 Å². The van der Waals surface area contributed by atoms with Crippen molar-refractivity contribution in [2.45, 2.75) is 253 Å². The summed E-state index contributed by atoms with van der Waals surface area (Å²) in [6.45, 7) is -18.9. The molecule has 800 valence electrons. The van der Waals surface area contributed by atoms with Crippen LogP contribution in [0.15, 0.2) is 0 Å². The molecule has 0 aromatic carbocycles.